The normalized spacial score (nSPS) is 11.9. The lowest BCUT2D eigenvalue weighted by molar-refractivity contribution is -0.115. The van der Waals surface area contributed by atoms with Crippen LogP contribution in [0.3, 0.4) is 0 Å². The summed E-state index contributed by atoms with van der Waals surface area (Å²) in [5.41, 5.74) is 2.05. The molecule has 1 atom stereocenters. The summed E-state index contributed by atoms with van der Waals surface area (Å²) in [5.74, 6) is -1.17. The molecule has 208 valence electrons. The summed E-state index contributed by atoms with van der Waals surface area (Å²) in [4.78, 5) is 39.9. The van der Waals surface area contributed by atoms with Crippen LogP contribution in [0, 0.1) is 0 Å². The first-order valence-corrected chi connectivity index (χ1v) is 14.8. The van der Waals surface area contributed by atoms with Crippen LogP contribution in [0.1, 0.15) is 22.8 Å². The number of carbonyl (C=O) groups excluding carboxylic acids is 3. The molecular weight excluding hydrogens is 645 g/mol. The minimum atomic E-state index is -0.554. The second-order valence-electron chi connectivity index (χ2n) is 8.76. The van der Waals surface area contributed by atoms with Crippen LogP contribution >= 0.6 is 50.9 Å². The van der Waals surface area contributed by atoms with Crippen molar-refractivity contribution in [3.63, 3.8) is 0 Å². The number of amides is 3. The molecule has 0 heterocycles. The first-order chi connectivity index (χ1) is 19.7. The van der Waals surface area contributed by atoms with Gasteiger partial charge in [-0.2, -0.15) is 0 Å². The molecule has 6 nitrogen and oxygen atoms in total. The molecule has 41 heavy (non-hydrogen) atoms. The number of anilines is 2. The van der Waals surface area contributed by atoms with Gasteiger partial charge in [0.25, 0.3) is 11.8 Å². The molecule has 0 saturated carbocycles. The number of rotatable bonds is 9. The van der Waals surface area contributed by atoms with Crippen molar-refractivity contribution in [2.45, 2.75) is 17.1 Å². The van der Waals surface area contributed by atoms with Gasteiger partial charge in [-0.3, -0.25) is 14.4 Å². The van der Waals surface area contributed by atoms with Crippen LogP contribution in [0.2, 0.25) is 10.0 Å². The molecule has 0 aliphatic carbocycles. The van der Waals surface area contributed by atoms with Crippen LogP contribution in [-0.4, -0.2) is 23.0 Å². The molecule has 0 bridgehead atoms. The van der Waals surface area contributed by atoms with Crippen LogP contribution in [0.5, 0.6) is 0 Å². The zero-order chi connectivity index (χ0) is 29.4. The Balaban J connectivity index is 1.51. The van der Waals surface area contributed by atoms with Crippen LogP contribution < -0.4 is 16.0 Å². The summed E-state index contributed by atoms with van der Waals surface area (Å²) >= 11 is 17.1. The number of benzene rings is 4. The SMILES string of the molecule is CC(Sc1cccc(NC(=O)/C(=C\c2ccc(Cl)cc2Cl)NC(=O)c2ccccc2)c1)C(=O)Nc1ccccc1Br. The molecule has 0 spiro atoms. The molecule has 4 rings (SSSR count). The molecular formula is C31H24BrCl2N3O3S. The monoisotopic (exact) mass is 667 g/mol. The number of halogens is 3. The molecule has 4 aromatic rings. The Labute approximate surface area is 260 Å². The van der Waals surface area contributed by atoms with Gasteiger partial charge in [0.2, 0.25) is 5.91 Å². The van der Waals surface area contributed by atoms with E-state index in [2.05, 4.69) is 31.9 Å². The third-order valence-electron chi connectivity index (χ3n) is 5.70. The van der Waals surface area contributed by atoms with E-state index in [1.54, 1.807) is 73.7 Å². The first kappa shape index (κ1) is 30.4. The Bertz CT molecular complexity index is 1620. The number of hydrogen-bond acceptors (Lipinski definition) is 4. The number of nitrogens with one attached hydrogen (secondary N) is 3. The quantitative estimate of drug-likeness (QED) is 0.124. The fraction of sp³-hybridized carbons (Fsp3) is 0.0645. The molecule has 0 saturated heterocycles. The van der Waals surface area contributed by atoms with Gasteiger partial charge in [0.15, 0.2) is 0 Å². The maximum Gasteiger partial charge on any atom is 0.272 e. The topological polar surface area (TPSA) is 87.3 Å². The Morgan fingerprint density at radius 1 is 0.854 bits per heavy atom. The highest BCUT2D eigenvalue weighted by molar-refractivity contribution is 9.10. The third-order valence-corrected chi connectivity index (χ3v) is 8.04. The lowest BCUT2D eigenvalue weighted by atomic mass is 10.1. The van der Waals surface area contributed by atoms with E-state index in [4.69, 9.17) is 23.2 Å². The van der Waals surface area contributed by atoms with E-state index in [0.717, 1.165) is 9.37 Å². The summed E-state index contributed by atoms with van der Waals surface area (Å²) in [7, 11) is 0. The molecule has 0 aliphatic heterocycles. The number of thioether (sulfide) groups is 1. The predicted molar refractivity (Wildman–Crippen MR) is 172 cm³/mol. The van der Waals surface area contributed by atoms with Crippen LogP contribution in [0.15, 0.2) is 112 Å². The van der Waals surface area contributed by atoms with Gasteiger partial charge >= 0.3 is 0 Å². The van der Waals surface area contributed by atoms with Crippen molar-refractivity contribution in [1.29, 1.82) is 0 Å². The maximum absolute atomic E-state index is 13.4. The minimum absolute atomic E-state index is 0.0117. The smallest absolute Gasteiger partial charge is 0.272 e. The standard InChI is InChI=1S/C31H24BrCl2N3O3S/c1-19(29(38)36-27-13-6-5-12-25(27)32)41-24-11-7-10-23(18-24)35-31(40)28(16-21-14-15-22(33)17-26(21)34)37-30(39)20-8-3-2-4-9-20/h2-19H,1H3,(H,35,40)(H,36,38)(H,37,39)/b28-16+. The predicted octanol–water partition coefficient (Wildman–Crippen LogP) is 8.28. The van der Waals surface area contributed by atoms with E-state index >= 15 is 0 Å². The van der Waals surface area contributed by atoms with Gasteiger partial charge in [-0.25, -0.2) is 0 Å². The second-order valence-corrected chi connectivity index (χ2v) is 11.9. The van der Waals surface area contributed by atoms with Crippen LogP contribution in [0.25, 0.3) is 6.08 Å². The zero-order valence-corrected chi connectivity index (χ0v) is 25.6. The number of carbonyl (C=O) groups is 3. The van der Waals surface area contributed by atoms with Crippen molar-refractivity contribution in [3.05, 3.63) is 128 Å². The average Bonchev–Trinajstić information content (AvgIpc) is 2.95. The molecule has 4 aromatic carbocycles. The number of para-hydroxylation sites is 1. The van der Waals surface area contributed by atoms with Gasteiger partial charge in [-0.1, -0.05) is 65.7 Å². The highest BCUT2D eigenvalue weighted by atomic mass is 79.9. The third kappa shape index (κ3) is 8.71. The fourth-order valence-corrected chi connectivity index (χ4v) is 5.39. The van der Waals surface area contributed by atoms with E-state index in [1.165, 1.54) is 17.8 Å². The van der Waals surface area contributed by atoms with Gasteiger partial charge in [0, 0.05) is 30.7 Å². The van der Waals surface area contributed by atoms with Gasteiger partial charge < -0.3 is 16.0 Å². The summed E-state index contributed by atoms with van der Waals surface area (Å²) < 4.78 is 0.790. The number of hydrogen-bond donors (Lipinski definition) is 3. The Hall–Kier alpha value is -3.56. The summed E-state index contributed by atoms with van der Waals surface area (Å²) in [6, 6.07) is 27.9. The fourth-order valence-electron chi connectivity index (χ4n) is 3.62. The molecule has 3 N–H and O–H groups in total. The zero-order valence-electron chi connectivity index (χ0n) is 21.7. The van der Waals surface area contributed by atoms with Crippen LogP contribution in [-0.2, 0) is 9.59 Å². The van der Waals surface area contributed by atoms with Crippen molar-refractivity contribution in [3.8, 4) is 0 Å². The van der Waals surface area contributed by atoms with E-state index in [1.807, 2.05) is 30.3 Å². The Morgan fingerprint density at radius 2 is 1.59 bits per heavy atom. The molecule has 3 amide bonds. The van der Waals surface area contributed by atoms with E-state index in [0.29, 0.717) is 32.5 Å². The Kier molecular flexibility index (Phi) is 10.7. The lowest BCUT2D eigenvalue weighted by Crippen LogP contribution is -2.30. The molecule has 0 fully saturated rings. The summed E-state index contributed by atoms with van der Waals surface area (Å²) in [5, 5.41) is 8.78. The van der Waals surface area contributed by atoms with E-state index in [9.17, 15) is 14.4 Å². The average molecular weight is 669 g/mol. The summed E-state index contributed by atoms with van der Waals surface area (Å²) in [6.45, 7) is 1.80. The highest BCUT2D eigenvalue weighted by Gasteiger charge is 2.18. The molecule has 0 radical (unpaired) electrons. The Morgan fingerprint density at radius 3 is 2.32 bits per heavy atom. The molecule has 0 aromatic heterocycles. The minimum Gasteiger partial charge on any atom is -0.324 e. The maximum atomic E-state index is 13.4. The summed E-state index contributed by atoms with van der Waals surface area (Å²) in [6.07, 6.45) is 1.49. The van der Waals surface area contributed by atoms with E-state index < -0.39 is 17.1 Å². The highest BCUT2D eigenvalue weighted by Crippen LogP contribution is 2.29. The molecule has 10 heteroatoms. The van der Waals surface area contributed by atoms with Crippen molar-refractivity contribution < 1.29 is 14.4 Å². The molecule has 0 aliphatic rings. The lowest BCUT2D eigenvalue weighted by Gasteiger charge is -2.15. The van der Waals surface area contributed by atoms with Crippen molar-refractivity contribution in [2.75, 3.05) is 10.6 Å². The van der Waals surface area contributed by atoms with Gasteiger partial charge in [-0.05, 0) is 89.1 Å². The van der Waals surface area contributed by atoms with Gasteiger partial charge in [0.1, 0.15) is 5.70 Å². The molecule has 1 unspecified atom stereocenters. The van der Waals surface area contributed by atoms with Gasteiger partial charge in [0.05, 0.1) is 10.9 Å². The van der Waals surface area contributed by atoms with Crippen molar-refractivity contribution >= 4 is 86.1 Å². The first-order valence-electron chi connectivity index (χ1n) is 12.4. The van der Waals surface area contributed by atoms with Crippen molar-refractivity contribution in [2.24, 2.45) is 0 Å². The van der Waals surface area contributed by atoms with Crippen LogP contribution in [0.4, 0.5) is 11.4 Å². The van der Waals surface area contributed by atoms with Crippen molar-refractivity contribution in [1.82, 2.24) is 5.32 Å². The van der Waals surface area contributed by atoms with Gasteiger partial charge in [-0.15, -0.1) is 11.8 Å². The second kappa shape index (κ2) is 14.4. The largest absolute Gasteiger partial charge is 0.324 e. The van der Waals surface area contributed by atoms with E-state index in [-0.39, 0.29) is 11.6 Å².